The maximum absolute atomic E-state index is 12.2. The number of phenols is 1. The number of hydrogen-bond donors (Lipinski definition) is 2. The monoisotopic (exact) mass is 273 g/mol. The Kier molecular flexibility index (Phi) is 4.58. The summed E-state index contributed by atoms with van der Waals surface area (Å²) in [5, 5.41) is 14.7. The number of amides is 1. The summed E-state index contributed by atoms with van der Waals surface area (Å²) < 4.78 is 5.05. The lowest BCUT2D eigenvalue weighted by molar-refractivity contribution is 0.0892. The van der Waals surface area contributed by atoms with Crippen molar-refractivity contribution >= 4 is 16.7 Å². The average molecular weight is 273 g/mol. The number of nitrogens with one attached hydrogen (secondary N) is 1. The highest BCUT2D eigenvalue weighted by Crippen LogP contribution is 2.28. The quantitative estimate of drug-likeness (QED) is 0.880. The van der Waals surface area contributed by atoms with Crippen molar-refractivity contribution in [3.63, 3.8) is 0 Å². The van der Waals surface area contributed by atoms with Crippen molar-refractivity contribution in [3.8, 4) is 5.75 Å². The summed E-state index contributed by atoms with van der Waals surface area (Å²) in [6, 6.07) is 10.9. The van der Waals surface area contributed by atoms with Gasteiger partial charge in [0.25, 0.3) is 5.91 Å². The first-order valence-electron chi connectivity index (χ1n) is 6.67. The first kappa shape index (κ1) is 14.3. The molecule has 20 heavy (non-hydrogen) atoms. The summed E-state index contributed by atoms with van der Waals surface area (Å²) in [4.78, 5) is 12.2. The fraction of sp³-hybridized carbons (Fsp3) is 0.312. The van der Waals surface area contributed by atoms with Crippen LogP contribution in [0.5, 0.6) is 5.75 Å². The van der Waals surface area contributed by atoms with Crippen LogP contribution in [0, 0.1) is 0 Å². The number of fused-ring (bicyclic) bond motifs is 1. The predicted octanol–water partition coefficient (Wildman–Crippen LogP) is 2.70. The van der Waals surface area contributed by atoms with Gasteiger partial charge in [0, 0.05) is 12.5 Å². The number of ether oxygens (including phenoxy) is 1. The highest BCUT2D eigenvalue weighted by molar-refractivity contribution is 6.03. The molecule has 0 fully saturated rings. The van der Waals surface area contributed by atoms with E-state index in [4.69, 9.17) is 4.74 Å². The van der Waals surface area contributed by atoms with Crippen LogP contribution >= 0.6 is 0 Å². The number of benzene rings is 2. The standard InChI is InChI=1S/C16H19NO3/c1-3-12(10-20-2)17-16(19)14-9-8-11-6-4-5-7-13(11)15(14)18/h4-9,12,18H,3,10H2,1-2H3,(H,17,19). The van der Waals surface area contributed by atoms with Crippen LogP contribution in [0.15, 0.2) is 36.4 Å². The molecule has 0 radical (unpaired) electrons. The Morgan fingerprint density at radius 1 is 1.30 bits per heavy atom. The Bertz CT molecular complexity index is 610. The summed E-state index contributed by atoms with van der Waals surface area (Å²) in [6.45, 7) is 2.43. The molecule has 0 aliphatic carbocycles. The second-order valence-electron chi connectivity index (χ2n) is 4.72. The van der Waals surface area contributed by atoms with Gasteiger partial charge < -0.3 is 15.2 Å². The molecule has 106 valence electrons. The molecule has 0 bridgehead atoms. The molecule has 2 rings (SSSR count). The first-order chi connectivity index (χ1) is 9.67. The first-order valence-corrected chi connectivity index (χ1v) is 6.67. The van der Waals surface area contributed by atoms with Gasteiger partial charge in [0.05, 0.1) is 18.2 Å². The van der Waals surface area contributed by atoms with E-state index in [2.05, 4.69) is 5.32 Å². The fourth-order valence-electron chi connectivity index (χ4n) is 2.16. The molecule has 0 spiro atoms. The van der Waals surface area contributed by atoms with Gasteiger partial charge in [-0.15, -0.1) is 0 Å². The molecule has 2 N–H and O–H groups in total. The van der Waals surface area contributed by atoms with E-state index in [1.807, 2.05) is 31.2 Å². The highest BCUT2D eigenvalue weighted by Gasteiger charge is 2.16. The van der Waals surface area contributed by atoms with Crippen molar-refractivity contribution in [1.82, 2.24) is 5.32 Å². The van der Waals surface area contributed by atoms with E-state index in [1.54, 1.807) is 19.2 Å². The van der Waals surface area contributed by atoms with Crippen molar-refractivity contribution in [3.05, 3.63) is 42.0 Å². The Morgan fingerprint density at radius 2 is 2.05 bits per heavy atom. The fourth-order valence-corrected chi connectivity index (χ4v) is 2.16. The minimum absolute atomic E-state index is 0.0212. The average Bonchev–Trinajstić information content (AvgIpc) is 2.47. The zero-order valence-electron chi connectivity index (χ0n) is 11.7. The molecule has 1 amide bonds. The molecule has 0 heterocycles. The van der Waals surface area contributed by atoms with Crippen LogP contribution in [0.3, 0.4) is 0 Å². The number of carbonyl (C=O) groups is 1. The van der Waals surface area contributed by atoms with Gasteiger partial charge in [-0.05, 0) is 17.9 Å². The van der Waals surface area contributed by atoms with Crippen LogP contribution in [0.2, 0.25) is 0 Å². The second kappa shape index (κ2) is 6.39. The minimum Gasteiger partial charge on any atom is -0.506 e. The van der Waals surface area contributed by atoms with Gasteiger partial charge in [0.15, 0.2) is 0 Å². The molecule has 0 saturated carbocycles. The van der Waals surface area contributed by atoms with Gasteiger partial charge in [-0.25, -0.2) is 0 Å². The number of phenolic OH excluding ortho intramolecular Hbond substituents is 1. The molecule has 2 aromatic carbocycles. The second-order valence-corrected chi connectivity index (χ2v) is 4.72. The molecule has 2 aromatic rings. The van der Waals surface area contributed by atoms with Crippen LogP contribution in [0.4, 0.5) is 0 Å². The van der Waals surface area contributed by atoms with Gasteiger partial charge in [-0.1, -0.05) is 37.3 Å². The van der Waals surface area contributed by atoms with Crippen molar-refractivity contribution in [2.24, 2.45) is 0 Å². The summed E-state index contributed by atoms with van der Waals surface area (Å²) >= 11 is 0. The Labute approximate surface area is 118 Å². The predicted molar refractivity (Wildman–Crippen MR) is 79.0 cm³/mol. The van der Waals surface area contributed by atoms with Crippen LogP contribution in [0.25, 0.3) is 10.8 Å². The summed E-state index contributed by atoms with van der Waals surface area (Å²) in [7, 11) is 1.60. The van der Waals surface area contributed by atoms with Gasteiger partial charge in [0.1, 0.15) is 5.75 Å². The molecule has 1 unspecified atom stereocenters. The number of rotatable bonds is 5. The maximum Gasteiger partial charge on any atom is 0.255 e. The Balaban J connectivity index is 2.28. The molecular formula is C16H19NO3. The number of aromatic hydroxyl groups is 1. The van der Waals surface area contributed by atoms with Crippen LogP contribution in [0.1, 0.15) is 23.7 Å². The van der Waals surface area contributed by atoms with E-state index in [0.717, 1.165) is 11.8 Å². The zero-order valence-corrected chi connectivity index (χ0v) is 11.7. The number of carbonyl (C=O) groups excluding carboxylic acids is 1. The van der Waals surface area contributed by atoms with Crippen LogP contribution in [-0.2, 0) is 4.74 Å². The lowest BCUT2D eigenvalue weighted by atomic mass is 10.0. The van der Waals surface area contributed by atoms with E-state index in [1.165, 1.54) is 0 Å². The van der Waals surface area contributed by atoms with Crippen molar-refractivity contribution in [2.45, 2.75) is 19.4 Å². The van der Waals surface area contributed by atoms with Crippen molar-refractivity contribution in [2.75, 3.05) is 13.7 Å². The third kappa shape index (κ3) is 2.91. The lowest BCUT2D eigenvalue weighted by Gasteiger charge is -2.16. The van der Waals surface area contributed by atoms with Crippen LogP contribution in [-0.4, -0.2) is 30.8 Å². The number of hydrogen-bond acceptors (Lipinski definition) is 3. The van der Waals surface area contributed by atoms with Gasteiger partial charge in [-0.3, -0.25) is 4.79 Å². The Morgan fingerprint density at radius 3 is 2.75 bits per heavy atom. The molecule has 0 aliphatic rings. The molecular weight excluding hydrogens is 254 g/mol. The SMILES string of the molecule is CCC(COC)NC(=O)c1ccc2ccccc2c1O. The van der Waals surface area contributed by atoms with Crippen LogP contribution < -0.4 is 5.32 Å². The zero-order chi connectivity index (χ0) is 14.5. The van der Waals surface area contributed by atoms with E-state index in [9.17, 15) is 9.90 Å². The summed E-state index contributed by atoms with van der Waals surface area (Å²) in [6.07, 6.45) is 0.772. The third-order valence-corrected chi connectivity index (χ3v) is 3.34. The molecule has 0 aromatic heterocycles. The lowest BCUT2D eigenvalue weighted by Crippen LogP contribution is -2.37. The highest BCUT2D eigenvalue weighted by atomic mass is 16.5. The van der Waals surface area contributed by atoms with Gasteiger partial charge in [0.2, 0.25) is 0 Å². The van der Waals surface area contributed by atoms with E-state index < -0.39 is 0 Å². The van der Waals surface area contributed by atoms with Crippen molar-refractivity contribution < 1.29 is 14.6 Å². The van der Waals surface area contributed by atoms with E-state index in [0.29, 0.717) is 17.6 Å². The smallest absolute Gasteiger partial charge is 0.255 e. The molecule has 0 aliphatic heterocycles. The molecule has 0 saturated heterocycles. The van der Waals surface area contributed by atoms with Crippen molar-refractivity contribution in [1.29, 1.82) is 0 Å². The van der Waals surface area contributed by atoms with E-state index in [-0.39, 0.29) is 17.7 Å². The van der Waals surface area contributed by atoms with Gasteiger partial charge in [-0.2, -0.15) is 0 Å². The molecule has 4 heteroatoms. The topological polar surface area (TPSA) is 58.6 Å². The molecule has 1 atom stereocenters. The number of methoxy groups -OCH3 is 1. The van der Waals surface area contributed by atoms with E-state index >= 15 is 0 Å². The summed E-state index contributed by atoms with van der Waals surface area (Å²) in [5.74, 6) is -0.259. The normalized spacial score (nSPS) is 12.3. The Hall–Kier alpha value is -2.07. The summed E-state index contributed by atoms with van der Waals surface area (Å²) in [5.41, 5.74) is 0.290. The van der Waals surface area contributed by atoms with Gasteiger partial charge >= 0.3 is 0 Å². The third-order valence-electron chi connectivity index (χ3n) is 3.34. The largest absolute Gasteiger partial charge is 0.506 e. The maximum atomic E-state index is 12.2. The minimum atomic E-state index is -0.280. The molecule has 4 nitrogen and oxygen atoms in total.